The predicted octanol–water partition coefficient (Wildman–Crippen LogP) is 2.06. The van der Waals surface area contributed by atoms with Crippen LogP contribution in [0.2, 0.25) is 0 Å². The molecule has 0 aliphatic heterocycles. The quantitative estimate of drug-likeness (QED) is 0.619. The van der Waals surface area contributed by atoms with Crippen molar-refractivity contribution in [2.75, 3.05) is 0 Å². The summed E-state index contributed by atoms with van der Waals surface area (Å²) in [4.78, 5) is 21.7. The lowest BCUT2D eigenvalue weighted by molar-refractivity contribution is -0.131. The van der Waals surface area contributed by atoms with Crippen molar-refractivity contribution in [1.29, 1.82) is 0 Å². The first-order valence-electron chi connectivity index (χ1n) is 4.51. The van der Waals surface area contributed by atoms with Crippen LogP contribution in [0.15, 0.2) is 28.9 Å². The topological polar surface area (TPSA) is 76.7 Å². The zero-order valence-corrected chi connectivity index (χ0v) is 8.39. The third-order valence-electron chi connectivity index (χ3n) is 2.02. The number of rotatable bonds is 2. The molecule has 0 saturated heterocycles. The lowest BCUT2D eigenvalue weighted by Crippen LogP contribution is -2.03. The van der Waals surface area contributed by atoms with Crippen LogP contribution in [0.5, 0.6) is 5.75 Å². The molecule has 2 rings (SSSR count). The molecular formula is C11H8O5. The number of carboxylic acid groups (broad SMARTS) is 1. The molecule has 1 heterocycles. The summed E-state index contributed by atoms with van der Waals surface area (Å²) in [6, 6.07) is 4.32. The molecule has 0 radical (unpaired) electrons. The Morgan fingerprint density at radius 2 is 2.12 bits per heavy atom. The Kier molecular flexibility index (Phi) is 2.36. The van der Waals surface area contributed by atoms with E-state index in [2.05, 4.69) is 0 Å². The number of furan rings is 1. The number of aromatic carboxylic acids is 1. The van der Waals surface area contributed by atoms with Gasteiger partial charge in [-0.2, -0.15) is 0 Å². The zero-order chi connectivity index (χ0) is 11.7. The van der Waals surface area contributed by atoms with Crippen LogP contribution in [0.4, 0.5) is 0 Å². The van der Waals surface area contributed by atoms with Crippen LogP contribution in [-0.4, -0.2) is 17.0 Å². The number of hydrogen-bond donors (Lipinski definition) is 1. The summed E-state index contributed by atoms with van der Waals surface area (Å²) in [5.41, 5.74) is 0.408. The minimum atomic E-state index is -1.09. The second-order valence-corrected chi connectivity index (χ2v) is 3.21. The van der Waals surface area contributed by atoms with Crippen molar-refractivity contribution in [3.05, 3.63) is 30.0 Å². The van der Waals surface area contributed by atoms with E-state index in [1.807, 2.05) is 0 Å². The fourth-order valence-electron chi connectivity index (χ4n) is 1.40. The molecule has 5 heteroatoms. The molecule has 1 aromatic heterocycles. The summed E-state index contributed by atoms with van der Waals surface area (Å²) in [7, 11) is 0. The molecule has 82 valence electrons. The van der Waals surface area contributed by atoms with Crippen LogP contribution in [0, 0.1) is 0 Å². The van der Waals surface area contributed by atoms with Crippen molar-refractivity contribution in [3.8, 4) is 5.75 Å². The van der Waals surface area contributed by atoms with E-state index >= 15 is 0 Å². The van der Waals surface area contributed by atoms with Crippen molar-refractivity contribution in [3.63, 3.8) is 0 Å². The van der Waals surface area contributed by atoms with Gasteiger partial charge in [0.2, 0.25) is 0 Å². The van der Waals surface area contributed by atoms with Crippen molar-refractivity contribution in [2.24, 2.45) is 0 Å². The maximum atomic E-state index is 10.8. The van der Waals surface area contributed by atoms with Crippen molar-refractivity contribution >= 4 is 22.9 Å². The van der Waals surface area contributed by atoms with E-state index in [1.165, 1.54) is 25.3 Å². The summed E-state index contributed by atoms with van der Waals surface area (Å²) in [6.45, 7) is 1.24. The molecule has 2 aromatic rings. The molecule has 0 fully saturated rings. The zero-order valence-electron chi connectivity index (χ0n) is 8.39. The van der Waals surface area contributed by atoms with E-state index in [1.54, 1.807) is 6.07 Å². The molecule has 0 amide bonds. The third-order valence-corrected chi connectivity index (χ3v) is 2.02. The molecule has 1 aromatic carbocycles. The predicted molar refractivity (Wildman–Crippen MR) is 54.5 cm³/mol. The number of benzene rings is 1. The standard InChI is InChI=1S/C11H8O5/c1-6(12)16-9-5-8(11(13)14)4-7-2-3-15-10(7)9/h2-5H,1H3,(H,13,14). The Balaban J connectivity index is 2.63. The summed E-state index contributed by atoms with van der Waals surface area (Å²) < 4.78 is 10.00. The molecule has 0 unspecified atom stereocenters. The molecule has 0 aliphatic carbocycles. The highest BCUT2D eigenvalue weighted by atomic mass is 16.5. The first kappa shape index (κ1) is 10.2. The highest BCUT2D eigenvalue weighted by Crippen LogP contribution is 2.28. The van der Waals surface area contributed by atoms with E-state index in [-0.39, 0.29) is 11.3 Å². The van der Waals surface area contributed by atoms with Crippen LogP contribution in [0.25, 0.3) is 11.0 Å². The van der Waals surface area contributed by atoms with Crippen LogP contribution < -0.4 is 4.74 Å². The summed E-state index contributed by atoms with van der Waals surface area (Å²) in [5, 5.41) is 9.45. The van der Waals surface area contributed by atoms with Gasteiger partial charge in [0.25, 0.3) is 0 Å². The van der Waals surface area contributed by atoms with Crippen LogP contribution in [-0.2, 0) is 4.79 Å². The molecule has 0 spiro atoms. The van der Waals surface area contributed by atoms with E-state index in [0.717, 1.165) is 0 Å². The molecule has 0 atom stereocenters. The molecule has 16 heavy (non-hydrogen) atoms. The second-order valence-electron chi connectivity index (χ2n) is 3.21. The van der Waals surface area contributed by atoms with Gasteiger partial charge in [0.15, 0.2) is 11.3 Å². The monoisotopic (exact) mass is 220 g/mol. The van der Waals surface area contributed by atoms with Gasteiger partial charge in [-0.05, 0) is 18.2 Å². The maximum Gasteiger partial charge on any atom is 0.335 e. The van der Waals surface area contributed by atoms with Crippen LogP contribution >= 0.6 is 0 Å². The van der Waals surface area contributed by atoms with E-state index in [4.69, 9.17) is 14.3 Å². The smallest absolute Gasteiger partial charge is 0.335 e. The molecule has 5 nitrogen and oxygen atoms in total. The Hall–Kier alpha value is -2.30. The van der Waals surface area contributed by atoms with Gasteiger partial charge >= 0.3 is 11.9 Å². The molecule has 1 N–H and O–H groups in total. The van der Waals surface area contributed by atoms with Gasteiger partial charge in [0.05, 0.1) is 11.8 Å². The van der Waals surface area contributed by atoms with Gasteiger partial charge in [-0.3, -0.25) is 4.79 Å². The van der Waals surface area contributed by atoms with Crippen molar-refractivity contribution in [1.82, 2.24) is 0 Å². The number of hydrogen-bond acceptors (Lipinski definition) is 4. The average molecular weight is 220 g/mol. The minimum Gasteiger partial charge on any atom is -0.478 e. The number of esters is 1. The second kappa shape index (κ2) is 3.69. The maximum absolute atomic E-state index is 10.8. The highest BCUT2D eigenvalue weighted by Gasteiger charge is 2.13. The SMILES string of the molecule is CC(=O)Oc1cc(C(=O)O)cc2ccoc12. The number of fused-ring (bicyclic) bond motifs is 1. The van der Waals surface area contributed by atoms with Gasteiger partial charge in [-0.1, -0.05) is 0 Å². The molecular weight excluding hydrogens is 212 g/mol. The molecule has 0 aliphatic rings. The number of ether oxygens (including phenoxy) is 1. The average Bonchev–Trinajstić information content (AvgIpc) is 2.64. The third kappa shape index (κ3) is 1.75. The Morgan fingerprint density at radius 1 is 1.38 bits per heavy atom. The lowest BCUT2D eigenvalue weighted by Gasteiger charge is -2.03. The van der Waals surface area contributed by atoms with Gasteiger partial charge in [0.1, 0.15) is 0 Å². The number of carbonyl (C=O) groups is 2. The van der Waals surface area contributed by atoms with Gasteiger partial charge < -0.3 is 14.3 Å². The van der Waals surface area contributed by atoms with Crippen LogP contribution in [0.1, 0.15) is 17.3 Å². The van der Waals surface area contributed by atoms with E-state index in [9.17, 15) is 9.59 Å². The van der Waals surface area contributed by atoms with Crippen molar-refractivity contribution < 1.29 is 23.8 Å². The first-order chi connectivity index (χ1) is 7.58. The highest BCUT2D eigenvalue weighted by molar-refractivity contribution is 5.96. The number of carbonyl (C=O) groups excluding carboxylic acids is 1. The van der Waals surface area contributed by atoms with E-state index in [0.29, 0.717) is 11.0 Å². The molecule has 0 saturated carbocycles. The summed E-state index contributed by atoms with van der Waals surface area (Å²) in [5.74, 6) is -1.50. The summed E-state index contributed by atoms with van der Waals surface area (Å²) in [6.07, 6.45) is 1.41. The Bertz CT molecular complexity index is 567. The Morgan fingerprint density at radius 3 is 2.75 bits per heavy atom. The molecule has 0 bridgehead atoms. The van der Waals surface area contributed by atoms with Crippen LogP contribution in [0.3, 0.4) is 0 Å². The fraction of sp³-hybridized carbons (Fsp3) is 0.0909. The van der Waals surface area contributed by atoms with Gasteiger partial charge in [-0.25, -0.2) is 4.79 Å². The normalized spacial score (nSPS) is 10.3. The lowest BCUT2D eigenvalue weighted by atomic mass is 10.1. The fourth-order valence-corrected chi connectivity index (χ4v) is 1.40. The minimum absolute atomic E-state index is 0.0464. The van der Waals surface area contributed by atoms with Gasteiger partial charge in [0, 0.05) is 12.3 Å². The largest absolute Gasteiger partial charge is 0.478 e. The van der Waals surface area contributed by atoms with Gasteiger partial charge in [-0.15, -0.1) is 0 Å². The Labute approximate surface area is 90.2 Å². The first-order valence-corrected chi connectivity index (χ1v) is 4.51. The van der Waals surface area contributed by atoms with E-state index < -0.39 is 11.9 Å². The number of carboxylic acids is 1. The van der Waals surface area contributed by atoms with Crippen molar-refractivity contribution in [2.45, 2.75) is 6.92 Å². The summed E-state index contributed by atoms with van der Waals surface area (Å²) >= 11 is 0.